The lowest BCUT2D eigenvalue weighted by molar-refractivity contribution is -0.202. The van der Waals surface area contributed by atoms with Crippen LogP contribution >= 0.6 is 0 Å². The van der Waals surface area contributed by atoms with Gasteiger partial charge in [0.1, 0.15) is 5.75 Å². The highest BCUT2D eigenvalue weighted by Crippen LogP contribution is 2.48. The van der Waals surface area contributed by atoms with Gasteiger partial charge in [-0.1, -0.05) is 25.1 Å². The van der Waals surface area contributed by atoms with Crippen LogP contribution in [-0.4, -0.2) is 17.9 Å². The summed E-state index contributed by atoms with van der Waals surface area (Å²) in [6, 6.07) is 6.87. The first kappa shape index (κ1) is 16.1. The minimum Gasteiger partial charge on any atom is -0.493 e. The molecule has 1 aromatic rings. The SMILES string of the molecule is CCCOc1ccccc1C1(O)CCCC(C(F)(F)F)C1. The lowest BCUT2D eigenvalue weighted by Gasteiger charge is -2.38. The lowest BCUT2D eigenvalue weighted by atomic mass is 9.74. The molecule has 21 heavy (non-hydrogen) atoms. The molecule has 1 fully saturated rings. The molecular formula is C16H21F3O2. The molecule has 0 aliphatic heterocycles. The Kier molecular flexibility index (Phi) is 4.81. The van der Waals surface area contributed by atoms with Gasteiger partial charge in [-0.3, -0.25) is 0 Å². The zero-order valence-electron chi connectivity index (χ0n) is 12.1. The Labute approximate surface area is 122 Å². The molecule has 2 rings (SSSR count). The van der Waals surface area contributed by atoms with Crippen LogP contribution < -0.4 is 4.74 Å². The van der Waals surface area contributed by atoms with Crippen molar-refractivity contribution in [3.63, 3.8) is 0 Å². The summed E-state index contributed by atoms with van der Waals surface area (Å²) in [6.45, 7) is 2.44. The number of aliphatic hydroxyl groups is 1. The standard InChI is InChI=1S/C16H21F3O2/c1-2-10-21-14-8-4-3-7-13(14)15(20)9-5-6-12(11-15)16(17,18)19/h3-4,7-8,12,20H,2,5-6,9-11H2,1H3. The second kappa shape index (κ2) is 6.26. The Bertz CT molecular complexity index is 473. The highest BCUT2D eigenvalue weighted by atomic mass is 19.4. The number of ether oxygens (including phenoxy) is 1. The van der Waals surface area contributed by atoms with Crippen LogP contribution in [-0.2, 0) is 5.60 Å². The second-order valence-electron chi connectivity index (χ2n) is 5.71. The molecule has 1 saturated carbocycles. The summed E-state index contributed by atoms with van der Waals surface area (Å²) in [6.07, 6.45) is -2.95. The van der Waals surface area contributed by atoms with Crippen molar-refractivity contribution in [2.24, 2.45) is 5.92 Å². The summed E-state index contributed by atoms with van der Waals surface area (Å²) in [5.41, 5.74) is -0.977. The van der Waals surface area contributed by atoms with Gasteiger partial charge in [0.2, 0.25) is 0 Å². The summed E-state index contributed by atoms with van der Waals surface area (Å²) < 4.78 is 44.5. The summed E-state index contributed by atoms with van der Waals surface area (Å²) in [4.78, 5) is 0. The maximum atomic E-state index is 13.0. The number of hydrogen-bond acceptors (Lipinski definition) is 2. The first-order chi connectivity index (χ1) is 9.87. The van der Waals surface area contributed by atoms with Crippen LogP contribution in [0.3, 0.4) is 0 Å². The van der Waals surface area contributed by atoms with E-state index >= 15 is 0 Å². The van der Waals surface area contributed by atoms with Gasteiger partial charge in [0.05, 0.1) is 18.1 Å². The third-order valence-electron chi connectivity index (χ3n) is 4.04. The number of halogens is 3. The van der Waals surface area contributed by atoms with E-state index in [0.717, 1.165) is 6.42 Å². The Balaban J connectivity index is 2.27. The van der Waals surface area contributed by atoms with E-state index < -0.39 is 17.7 Å². The van der Waals surface area contributed by atoms with E-state index in [4.69, 9.17) is 4.74 Å². The van der Waals surface area contributed by atoms with E-state index in [9.17, 15) is 18.3 Å². The molecule has 0 bridgehead atoms. The summed E-state index contributed by atoms with van der Waals surface area (Å²) in [5, 5.41) is 10.8. The maximum absolute atomic E-state index is 13.0. The van der Waals surface area contributed by atoms with E-state index in [1.807, 2.05) is 6.92 Å². The fourth-order valence-electron chi connectivity index (χ4n) is 2.97. The van der Waals surface area contributed by atoms with Crippen LogP contribution in [0.1, 0.15) is 44.6 Å². The van der Waals surface area contributed by atoms with Crippen LogP contribution in [0.25, 0.3) is 0 Å². The predicted octanol–water partition coefficient (Wildman–Crippen LogP) is 4.42. The zero-order valence-corrected chi connectivity index (χ0v) is 12.1. The third-order valence-corrected chi connectivity index (χ3v) is 4.04. The van der Waals surface area contributed by atoms with Crippen molar-refractivity contribution >= 4 is 0 Å². The van der Waals surface area contributed by atoms with Crippen molar-refractivity contribution in [1.29, 1.82) is 0 Å². The minimum atomic E-state index is -4.26. The molecule has 2 atom stereocenters. The Morgan fingerprint density at radius 3 is 2.71 bits per heavy atom. The zero-order chi connectivity index (χ0) is 15.5. The van der Waals surface area contributed by atoms with Gasteiger partial charge in [-0.25, -0.2) is 0 Å². The van der Waals surface area contributed by atoms with Gasteiger partial charge in [0, 0.05) is 5.56 Å². The van der Waals surface area contributed by atoms with Crippen LogP contribution in [0.4, 0.5) is 13.2 Å². The number of para-hydroxylation sites is 1. The van der Waals surface area contributed by atoms with E-state index in [-0.39, 0.29) is 12.8 Å². The Hall–Kier alpha value is -1.23. The van der Waals surface area contributed by atoms with Gasteiger partial charge < -0.3 is 9.84 Å². The average molecular weight is 302 g/mol. The molecule has 2 nitrogen and oxygen atoms in total. The summed E-state index contributed by atoms with van der Waals surface area (Å²) in [5.74, 6) is -0.958. The van der Waals surface area contributed by atoms with Crippen molar-refractivity contribution in [3.8, 4) is 5.75 Å². The van der Waals surface area contributed by atoms with Crippen molar-refractivity contribution < 1.29 is 23.0 Å². The molecule has 1 aliphatic carbocycles. The first-order valence-electron chi connectivity index (χ1n) is 7.38. The van der Waals surface area contributed by atoms with Crippen molar-refractivity contribution in [1.82, 2.24) is 0 Å². The molecule has 118 valence electrons. The molecule has 0 spiro atoms. The molecule has 0 saturated heterocycles. The average Bonchev–Trinajstić information content (AvgIpc) is 2.44. The fraction of sp³-hybridized carbons (Fsp3) is 0.625. The third kappa shape index (κ3) is 3.70. The molecule has 0 aromatic heterocycles. The molecule has 2 unspecified atom stereocenters. The van der Waals surface area contributed by atoms with Gasteiger partial charge >= 0.3 is 6.18 Å². The van der Waals surface area contributed by atoms with Gasteiger partial charge in [-0.15, -0.1) is 0 Å². The van der Waals surface area contributed by atoms with Crippen LogP contribution in [0.15, 0.2) is 24.3 Å². The fourth-order valence-corrected chi connectivity index (χ4v) is 2.97. The molecule has 1 N–H and O–H groups in total. The molecule has 1 aromatic carbocycles. The van der Waals surface area contributed by atoms with E-state index in [2.05, 4.69) is 0 Å². The monoisotopic (exact) mass is 302 g/mol. The smallest absolute Gasteiger partial charge is 0.391 e. The number of benzene rings is 1. The van der Waals surface area contributed by atoms with Crippen LogP contribution in [0, 0.1) is 5.92 Å². The summed E-state index contributed by atoms with van der Waals surface area (Å²) >= 11 is 0. The minimum absolute atomic E-state index is 0.0871. The van der Waals surface area contributed by atoms with Gasteiger partial charge in [-0.05, 0) is 38.2 Å². The highest BCUT2D eigenvalue weighted by Gasteiger charge is 2.48. The molecule has 1 aliphatic rings. The molecular weight excluding hydrogens is 281 g/mol. The van der Waals surface area contributed by atoms with E-state index in [1.165, 1.54) is 0 Å². The van der Waals surface area contributed by atoms with Gasteiger partial charge in [-0.2, -0.15) is 13.2 Å². The Morgan fingerprint density at radius 1 is 1.33 bits per heavy atom. The van der Waals surface area contributed by atoms with Crippen LogP contribution in [0.5, 0.6) is 5.75 Å². The predicted molar refractivity (Wildman–Crippen MR) is 74.1 cm³/mol. The van der Waals surface area contributed by atoms with E-state index in [0.29, 0.717) is 30.8 Å². The van der Waals surface area contributed by atoms with Crippen molar-refractivity contribution in [3.05, 3.63) is 29.8 Å². The first-order valence-corrected chi connectivity index (χ1v) is 7.38. The normalized spacial score (nSPS) is 26.6. The summed E-state index contributed by atoms with van der Waals surface area (Å²) in [7, 11) is 0. The van der Waals surface area contributed by atoms with Gasteiger partial charge in [0.25, 0.3) is 0 Å². The second-order valence-corrected chi connectivity index (χ2v) is 5.71. The lowest BCUT2D eigenvalue weighted by Crippen LogP contribution is -2.38. The quantitative estimate of drug-likeness (QED) is 0.892. The molecule has 0 heterocycles. The largest absolute Gasteiger partial charge is 0.493 e. The maximum Gasteiger partial charge on any atom is 0.391 e. The van der Waals surface area contributed by atoms with Gasteiger partial charge in [0.15, 0.2) is 0 Å². The Morgan fingerprint density at radius 2 is 2.05 bits per heavy atom. The van der Waals surface area contributed by atoms with Crippen LogP contribution in [0.2, 0.25) is 0 Å². The number of alkyl halides is 3. The van der Waals surface area contributed by atoms with Crippen molar-refractivity contribution in [2.75, 3.05) is 6.61 Å². The van der Waals surface area contributed by atoms with E-state index in [1.54, 1.807) is 24.3 Å². The number of hydrogen-bond donors (Lipinski definition) is 1. The highest BCUT2D eigenvalue weighted by molar-refractivity contribution is 5.38. The topological polar surface area (TPSA) is 29.5 Å². The van der Waals surface area contributed by atoms with Crippen molar-refractivity contribution in [2.45, 2.75) is 50.8 Å². The molecule has 5 heteroatoms. The molecule has 0 amide bonds. The molecule has 0 radical (unpaired) electrons. The number of rotatable bonds is 4.